The van der Waals surface area contributed by atoms with Gasteiger partial charge in [-0.1, -0.05) is 23.7 Å². The van der Waals surface area contributed by atoms with E-state index in [1.54, 1.807) is 29.2 Å². The van der Waals surface area contributed by atoms with Crippen LogP contribution in [-0.4, -0.2) is 40.5 Å². The Morgan fingerprint density at radius 3 is 2.67 bits per heavy atom. The van der Waals surface area contributed by atoms with Crippen LogP contribution in [-0.2, 0) is 4.79 Å². The largest absolute Gasteiger partial charge is 0.478 e. The second-order valence-corrected chi connectivity index (χ2v) is 6.65. The van der Waals surface area contributed by atoms with E-state index in [1.165, 1.54) is 19.1 Å². The summed E-state index contributed by atoms with van der Waals surface area (Å²) >= 11 is 6.19. The van der Waals surface area contributed by atoms with Crippen molar-refractivity contribution < 1.29 is 19.5 Å². The molecule has 3 rings (SSSR count). The van der Waals surface area contributed by atoms with Crippen LogP contribution in [0.25, 0.3) is 0 Å². The maximum Gasteiger partial charge on any atom is 0.337 e. The molecule has 1 atom stereocenters. The molecule has 1 aromatic heterocycles. The summed E-state index contributed by atoms with van der Waals surface area (Å²) in [5, 5.41) is 12.2. The molecule has 0 radical (unpaired) electrons. The minimum absolute atomic E-state index is 0.0326. The van der Waals surface area contributed by atoms with Crippen molar-refractivity contribution in [3.63, 3.8) is 0 Å². The van der Waals surface area contributed by atoms with E-state index >= 15 is 0 Å². The summed E-state index contributed by atoms with van der Waals surface area (Å²) in [4.78, 5) is 42.0. The smallest absolute Gasteiger partial charge is 0.337 e. The maximum absolute atomic E-state index is 12.8. The standard InChI is InChI=1S/C19H18ClN3O4/c1-11-12(19(26)27)8-9-14(21-11)17(24)22-15-6-4-10-23(18(15)25)16-7-3-2-5-13(16)20/h2-3,5,7-9,15H,4,6,10H2,1H3,(H,22,24)(H,26,27). The number of carbonyl (C=O) groups excluding carboxylic acids is 2. The fraction of sp³-hybridized carbons (Fsp3) is 0.263. The Balaban J connectivity index is 1.76. The van der Waals surface area contributed by atoms with Crippen molar-refractivity contribution in [2.45, 2.75) is 25.8 Å². The van der Waals surface area contributed by atoms with E-state index in [2.05, 4.69) is 10.3 Å². The van der Waals surface area contributed by atoms with E-state index in [0.29, 0.717) is 30.1 Å². The quantitative estimate of drug-likeness (QED) is 0.840. The number of benzene rings is 1. The number of para-hydroxylation sites is 1. The molecule has 1 aliphatic heterocycles. The van der Waals surface area contributed by atoms with Crippen LogP contribution in [0.1, 0.15) is 39.4 Å². The molecule has 1 saturated heterocycles. The Hall–Kier alpha value is -2.93. The lowest BCUT2D eigenvalue weighted by Gasteiger charge is -2.33. The summed E-state index contributed by atoms with van der Waals surface area (Å²) in [5.74, 6) is -1.86. The second-order valence-electron chi connectivity index (χ2n) is 6.24. The molecule has 1 fully saturated rings. The van der Waals surface area contributed by atoms with Crippen LogP contribution in [0.2, 0.25) is 5.02 Å². The number of halogens is 1. The van der Waals surface area contributed by atoms with Gasteiger partial charge in [-0.05, 0) is 44.0 Å². The molecular formula is C19H18ClN3O4. The zero-order valence-corrected chi connectivity index (χ0v) is 15.4. The molecule has 1 unspecified atom stereocenters. The minimum atomic E-state index is -1.11. The molecular weight excluding hydrogens is 370 g/mol. The average molecular weight is 388 g/mol. The summed E-state index contributed by atoms with van der Waals surface area (Å²) in [5.41, 5.74) is 0.955. The van der Waals surface area contributed by atoms with Gasteiger partial charge in [0, 0.05) is 6.54 Å². The van der Waals surface area contributed by atoms with Gasteiger partial charge in [-0.15, -0.1) is 0 Å². The van der Waals surface area contributed by atoms with Gasteiger partial charge in [0.15, 0.2) is 0 Å². The summed E-state index contributed by atoms with van der Waals surface area (Å²) in [6.45, 7) is 2.05. The van der Waals surface area contributed by atoms with E-state index in [1.807, 2.05) is 0 Å². The Labute approximate surface area is 161 Å². The molecule has 27 heavy (non-hydrogen) atoms. The number of anilines is 1. The van der Waals surface area contributed by atoms with Gasteiger partial charge >= 0.3 is 5.97 Å². The number of carboxylic acid groups (broad SMARTS) is 1. The van der Waals surface area contributed by atoms with Gasteiger partial charge in [0.1, 0.15) is 11.7 Å². The summed E-state index contributed by atoms with van der Waals surface area (Å²) in [7, 11) is 0. The molecule has 2 amide bonds. The lowest BCUT2D eigenvalue weighted by molar-refractivity contribution is -0.121. The van der Waals surface area contributed by atoms with Gasteiger partial charge in [-0.3, -0.25) is 9.59 Å². The van der Waals surface area contributed by atoms with Crippen LogP contribution < -0.4 is 10.2 Å². The third kappa shape index (κ3) is 3.93. The van der Waals surface area contributed by atoms with Crippen molar-refractivity contribution in [2.75, 3.05) is 11.4 Å². The van der Waals surface area contributed by atoms with Crippen LogP contribution in [0.4, 0.5) is 5.69 Å². The number of hydrogen-bond acceptors (Lipinski definition) is 4. The van der Waals surface area contributed by atoms with E-state index in [-0.39, 0.29) is 22.9 Å². The van der Waals surface area contributed by atoms with E-state index in [4.69, 9.17) is 16.7 Å². The van der Waals surface area contributed by atoms with Crippen molar-refractivity contribution >= 4 is 35.1 Å². The fourth-order valence-corrected chi connectivity index (χ4v) is 3.30. The van der Waals surface area contributed by atoms with Gasteiger partial charge in [0.2, 0.25) is 5.91 Å². The Morgan fingerprint density at radius 1 is 1.26 bits per heavy atom. The SMILES string of the molecule is Cc1nc(C(=O)NC2CCCN(c3ccccc3Cl)C2=O)ccc1C(=O)O. The minimum Gasteiger partial charge on any atom is -0.478 e. The molecule has 2 heterocycles. The van der Waals surface area contributed by atoms with E-state index in [0.717, 1.165) is 0 Å². The molecule has 2 aromatic rings. The van der Waals surface area contributed by atoms with Crippen LogP contribution in [0, 0.1) is 6.92 Å². The van der Waals surface area contributed by atoms with Crippen LogP contribution in [0.15, 0.2) is 36.4 Å². The first-order chi connectivity index (χ1) is 12.9. The third-order valence-corrected chi connectivity index (χ3v) is 4.76. The number of nitrogens with zero attached hydrogens (tertiary/aromatic N) is 2. The molecule has 0 spiro atoms. The number of pyridine rings is 1. The van der Waals surface area contributed by atoms with Crippen LogP contribution >= 0.6 is 11.6 Å². The molecule has 1 aliphatic rings. The number of carbonyl (C=O) groups is 3. The Morgan fingerprint density at radius 2 is 2.00 bits per heavy atom. The first-order valence-electron chi connectivity index (χ1n) is 8.46. The van der Waals surface area contributed by atoms with Crippen molar-refractivity contribution in [3.05, 3.63) is 58.4 Å². The zero-order valence-electron chi connectivity index (χ0n) is 14.6. The van der Waals surface area contributed by atoms with Gasteiger partial charge in [-0.25, -0.2) is 9.78 Å². The van der Waals surface area contributed by atoms with Crippen molar-refractivity contribution in [1.29, 1.82) is 0 Å². The van der Waals surface area contributed by atoms with Crippen molar-refractivity contribution in [3.8, 4) is 0 Å². The molecule has 1 aromatic carbocycles. The monoisotopic (exact) mass is 387 g/mol. The van der Waals surface area contributed by atoms with Gasteiger partial charge in [0.05, 0.1) is 22.0 Å². The number of piperidine rings is 1. The Bertz CT molecular complexity index is 916. The molecule has 0 bridgehead atoms. The molecule has 0 saturated carbocycles. The highest BCUT2D eigenvalue weighted by molar-refractivity contribution is 6.33. The normalized spacial score (nSPS) is 16.9. The number of carboxylic acids is 1. The Kier molecular flexibility index (Phi) is 5.41. The number of rotatable bonds is 4. The average Bonchev–Trinajstić information content (AvgIpc) is 2.63. The first kappa shape index (κ1) is 18.8. The predicted molar refractivity (Wildman–Crippen MR) is 100 cm³/mol. The second kappa shape index (κ2) is 7.75. The van der Waals surface area contributed by atoms with Gasteiger partial charge < -0.3 is 15.3 Å². The highest BCUT2D eigenvalue weighted by Gasteiger charge is 2.32. The number of amides is 2. The van der Waals surface area contributed by atoms with E-state index < -0.39 is 17.9 Å². The topological polar surface area (TPSA) is 99.6 Å². The fourth-order valence-electron chi connectivity index (χ4n) is 3.06. The van der Waals surface area contributed by atoms with Crippen LogP contribution in [0.5, 0.6) is 0 Å². The summed E-state index contributed by atoms with van der Waals surface area (Å²) < 4.78 is 0. The molecule has 0 aliphatic carbocycles. The maximum atomic E-state index is 12.8. The number of aryl methyl sites for hydroxylation is 1. The summed E-state index contributed by atoms with van der Waals surface area (Å²) in [6, 6.07) is 9.04. The molecule has 140 valence electrons. The predicted octanol–water partition coefficient (Wildman–Crippen LogP) is 2.67. The zero-order chi connectivity index (χ0) is 19.6. The number of nitrogens with one attached hydrogen (secondary N) is 1. The number of hydrogen-bond donors (Lipinski definition) is 2. The highest BCUT2D eigenvalue weighted by Crippen LogP contribution is 2.28. The number of aromatic nitrogens is 1. The molecule has 8 heteroatoms. The van der Waals surface area contributed by atoms with Gasteiger partial charge in [0.25, 0.3) is 5.91 Å². The van der Waals surface area contributed by atoms with Crippen molar-refractivity contribution in [1.82, 2.24) is 10.3 Å². The third-order valence-electron chi connectivity index (χ3n) is 4.44. The first-order valence-corrected chi connectivity index (χ1v) is 8.84. The highest BCUT2D eigenvalue weighted by atomic mass is 35.5. The van der Waals surface area contributed by atoms with E-state index in [9.17, 15) is 14.4 Å². The van der Waals surface area contributed by atoms with Crippen molar-refractivity contribution in [2.24, 2.45) is 0 Å². The molecule has 7 nitrogen and oxygen atoms in total. The molecule has 2 N–H and O–H groups in total. The lowest BCUT2D eigenvalue weighted by atomic mass is 10.0. The van der Waals surface area contributed by atoms with Gasteiger partial charge in [-0.2, -0.15) is 0 Å². The lowest BCUT2D eigenvalue weighted by Crippen LogP contribution is -2.52. The van der Waals surface area contributed by atoms with Crippen LogP contribution in [0.3, 0.4) is 0 Å². The number of aromatic carboxylic acids is 1. The summed E-state index contributed by atoms with van der Waals surface area (Å²) in [6.07, 6.45) is 1.23.